The third-order valence-corrected chi connectivity index (χ3v) is 5.38. The van der Waals surface area contributed by atoms with Crippen molar-refractivity contribution in [2.45, 2.75) is 11.3 Å². The van der Waals surface area contributed by atoms with Gasteiger partial charge in [-0.2, -0.15) is 5.26 Å². The Labute approximate surface area is 131 Å². The zero-order valence-electron chi connectivity index (χ0n) is 11.1. The van der Waals surface area contributed by atoms with Crippen molar-refractivity contribution in [3.63, 3.8) is 0 Å². The molecule has 112 valence electrons. The molecule has 1 heterocycles. The summed E-state index contributed by atoms with van der Waals surface area (Å²) in [6.07, 6.45) is 0.266. The molecule has 7 heteroatoms. The maximum atomic E-state index is 13.3. The minimum Gasteiger partial charge on any atom is -0.456 e. The van der Waals surface area contributed by atoms with Crippen LogP contribution < -0.4 is 4.74 Å². The molecule has 1 aliphatic rings. The summed E-state index contributed by atoms with van der Waals surface area (Å²) in [5.41, 5.74) is 0.599. The SMILES string of the molecule is N#Cc1c(Oc2cc(F)cc(Cl)c2)ccc2c1CCS2(=O)=O. The number of nitriles is 1. The van der Waals surface area contributed by atoms with Gasteiger partial charge in [0.1, 0.15) is 23.4 Å². The summed E-state index contributed by atoms with van der Waals surface area (Å²) in [4.78, 5) is 0.161. The summed E-state index contributed by atoms with van der Waals surface area (Å²) >= 11 is 5.76. The van der Waals surface area contributed by atoms with Crippen LogP contribution in [0.5, 0.6) is 11.5 Å². The number of rotatable bonds is 2. The van der Waals surface area contributed by atoms with Crippen LogP contribution >= 0.6 is 11.6 Å². The van der Waals surface area contributed by atoms with Crippen LogP contribution in [0.3, 0.4) is 0 Å². The van der Waals surface area contributed by atoms with Gasteiger partial charge in [-0.1, -0.05) is 11.6 Å². The molecule has 3 rings (SSSR count). The Hall–Kier alpha value is -2.10. The van der Waals surface area contributed by atoms with Gasteiger partial charge in [0.25, 0.3) is 0 Å². The topological polar surface area (TPSA) is 67.2 Å². The van der Waals surface area contributed by atoms with Gasteiger partial charge < -0.3 is 4.74 Å². The number of halogens is 2. The standard InChI is InChI=1S/C15H9ClFNO3S/c16-9-5-10(17)7-11(6-9)21-14-1-2-15-12(13(14)8-18)3-4-22(15,19)20/h1-2,5-7H,3-4H2. The van der Waals surface area contributed by atoms with Gasteiger partial charge in [0.2, 0.25) is 0 Å². The molecule has 0 fully saturated rings. The monoisotopic (exact) mass is 337 g/mol. The van der Waals surface area contributed by atoms with Crippen molar-refractivity contribution in [3.8, 4) is 17.6 Å². The molecule has 1 aliphatic heterocycles. The van der Waals surface area contributed by atoms with Gasteiger partial charge in [-0.25, -0.2) is 12.8 Å². The van der Waals surface area contributed by atoms with Crippen LogP contribution in [0.15, 0.2) is 35.2 Å². The van der Waals surface area contributed by atoms with Gasteiger partial charge in [-0.05, 0) is 36.2 Å². The maximum Gasteiger partial charge on any atom is 0.179 e. The van der Waals surface area contributed by atoms with Crippen LogP contribution in [-0.2, 0) is 16.3 Å². The number of hydrogen-bond acceptors (Lipinski definition) is 4. The third kappa shape index (κ3) is 2.54. The van der Waals surface area contributed by atoms with Gasteiger partial charge in [0.15, 0.2) is 9.84 Å². The lowest BCUT2D eigenvalue weighted by atomic mass is 10.1. The van der Waals surface area contributed by atoms with E-state index in [2.05, 4.69) is 0 Å². The van der Waals surface area contributed by atoms with Crippen molar-refractivity contribution in [1.82, 2.24) is 0 Å². The Morgan fingerprint density at radius 1 is 1.27 bits per heavy atom. The molecular formula is C15H9ClFNO3S. The smallest absolute Gasteiger partial charge is 0.179 e. The molecule has 0 N–H and O–H groups in total. The minimum atomic E-state index is -3.33. The number of hydrogen-bond donors (Lipinski definition) is 0. The highest BCUT2D eigenvalue weighted by Gasteiger charge is 2.30. The Bertz CT molecular complexity index is 899. The van der Waals surface area contributed by atoms with Crippen LogP contribution in [0.25, 0.3) is 0 Å². The fraction of sp³-hybridized carbons (Fsp3) is 0.133. The van der Waals surface area contributed by atoms with Gasteiger partial charge in [0.05, 0.1) is 16.2 Å². The van der Waals surface area contributed by atoms with Gasteiger partial charge in [-0.15, -0.1) is 0 Å². The maximum absolute atomic E-state index is 13.3. The Kier molecular flexibility index (Phi) is 3.55. The quantitative estimate of drug-likeness (QED) is 0.841. The average Bonchev–Trinajstić information content (AvgIpc) is 2.73. The lowest BCUT2D eigenvalue weighted by Crippen LogP contribution is -1.99. The molecule has 0 atom stereocenters. The summed E-state index contributed by atoms with van der Waals surface area (Å²) in [6, 6.07) is 8.46. The Morgan fingerprint density at radius 3 is 2.73 bits per heavy atom. The Morgan fingerprint density at radius 2 is 2.05 bits per heavy atom. The van der Waals surface area contributed by atoms with E-state index in [1.807, 2.05) is 6.07 Å². The van der Waals surface area contributed by atoms with Crippen molar-refractivity contribution >= 4 is 21.4 Å². The normalized spacial score (nSPS) is 15.1. The minimum absolute atomic E-state index is 0.0216. The molecule has 22 heavy (non-hydrogen) atoms. The molecule has 4 nitrogen and oxygen atoms in total. The second-order valence-corrected chi connectivity index (χ2v) is 7.32. The number of ether oxygens (including phenoxy) is 1. The molecule has 0 saturated carbocycles. The highest BCUT2D eigenvalue weighted by molar-refractivity contribution is 7.91. The first kappa shape index (κ1) is 14.8. The van der Waals surface area contributed by atoms with Gasteiger partial charge in [-0.3, -0.25) is 0 Å². The highest BCUT2D eigenvalue weighted by atomic mass is 35.5. The second kappa shape index (κ2) is 5.27. The number of benzene rings is 2. The lowest BCUT2D eigenvalue weighted by molar-refractivity contribution is 0.474. The van der Waals surface area contributed by atoms with E-state index < -0.39 is 15.7 Å². The molecule has 0 amide bonds. The van der Waals surface area contributed by atoms with Crippen LogP contribution in [0.1, 0.15) is 11.1 Å². The van der Waals surface area contributed by atoms with E-state index in [0.717, 1.165) is 12.1 Å². The summed E-state index contributed by atoms with van der Waals surface area (Å²) in [5, 5.41) is 9.48. The molecule has 0 aromatic heterocycles. The molecule has 0 spiro atoms. The van der Waals surface area contributed by atoms with Crippen LogP contribution in [0.4, 0.5) is 4.39 Å². The molecule has 0 bridgehead atoms. The zero-order valence-corrected chi connectivity index (χ0v) is 12.7. The van der Waals surface area contributed by atoms with Crippen LogP contribution in [0.2, 0.25) is 5.02 Å². The first-order valence-electron chi connectivity index (χ1n) is 6.33. The van der Waals surface area contributed by atoms with E-state index in [1.165, 1.54) is 18.2 Å². The Balaban J connectivity index is 2.08. The predicted octanol–water partition coefficient (Wildman–Crippen LogP) is 3.47. The van der Waals surface area contributed by atoms with Crippen molar-refractivity contribution < 1.29 is 17.5 Å². The fourth-order valence-corrected chi connectivity index (χ4v) is 4.17. The van der Waals surface area contributed by atoms with E-state index in [9.17, 15) is 18.1 Å². The van der Waals surface area contributed by atoms with E-state index in [1.54, 1.807) is 0 Å². The van der Waals surface area contributed by atoms with Gasteiger partial charge in [0, 0.05) is 11.1 Å². The molecule has 0 aliphatic carbocycles. The van der Waals surface area contributed by atoms with Crippen LogP contribution in [0, 0.1) is 17.1 Å². The molecular weight excluding hydrogens is 329 g/mol. The fourth-order valence-electron chi connectivity index (χ4n) is 2.42. The summed E-state index contributed by atoms with van der Waals surface area (Å²) in [5.74, 6) is -0.265. The summed E-state index contributed by atoms with van der Waals surface area (Å²) < 4.78 is 42.6. The lowest BCUT2D eigenvalue weighted by Gasteiger charge is -2.10. The van der Waals surface area contributed by atoms with E-state index in [4.69, 9.17) is 16.3 Å². The van der Waals surface area contributed by atoms with Crippen molar-refractivity contribution in [1.29, 1.82) is 5.26 Å². The summed E-state index contributed by atoms with van der Waals surface area (Å²) in [7, 11) is -3.33. The number of sulfone groups is 1. The second-order valence-electron chi connectivity index (χ2n) is 4.80. The molecule has 0 saturated heterocycles. The van der Waals surface area contributed by atoms with Crippen molar-refractivity contribution in [2.24, 2.45) is 0 Å². The number of fused-ring (bicyclic) bond motifs is 1. The first-order chi connectivity index (χ1) is 10.4. The van der Waals surface area contributed by atoms with Crippen LogP contribution in [-0.4, -0.2) is 14.2 Å². The number of nitrogens with zero attached hydrogens (tertiary/aromatic N) is 1. The van der Waals surface area contributed by atoms with Crippen molar-refractivity contribution in [3.05, 3.63) is 52.3 Å². The molecule has 2 aromatic carbocycles. The highest BCUT2D eigenvalue weighted by Crippen LogP contribution is 2.36. The van der Waals surface area contributed by atoms with E-state index in [-0.39, 0.29) is 39.2 Å². The molecule has 0 unspecified atom stereocenters. The van der Waals surface area contributed by atoms with E-state index in [0.29, 0.717) is 5.56 Å². The average molecular weight is 338 g/mol. The predicted molar refractivity (Wildman–Crippen MR) is 78.4 cm³/mol. The largest absolute Gasteiger partial charge is 0.456 e. The first-order valence-corrected chi connectivity index (χ1v) is 8.36. The molecule has 0 radical (unpaired) electrons. The third-order valence-electron chi connectivity index (χ3n) is 3.36. The van der Waals surface area contributed by atoms with Crippen molar-refractivity contribution in [2.75, 3.05) is 5.75 Å². The molecule has 2 aromatic rings. The zero-order chi connectivity index (χ0) is 15.9. The van der Waals surface area contributed by atoms with E-state index >= 15 is 0 Å². The van der Waals surface area contributed by atoms with Gasteiger partial charge >= 0.3 is 0 Å². The summed E-state index contributed by atoms with van der Waals surface area (Å²) in [6.45, 7) is 0.